The Hall–Kier alpha value is -2.12. The van der Waals surface area contributed by atoms with Crippen molar-refractivity contribution in [1.29, 1.82) is 0 Å². The summed E-state index contributed by atoms with van der Waals surface area (Å²) in [6.45, 7) is 11.6. The molecule has 1 saturated heterocycles. The van der Waals surface area contributed by atoms with E-state index in [2.05, 4.69) is 29.2 Å². The second kappa shape index (κ2) is 8.51. The number of nitrogens with zero attached hydrogens (tertiary/aromatic N) is 3. The quantitative estimate of drug-likeness (QED) is 0.817. The highest BCUT2D eigenvalue weighted by Crippen LogP contribution is 2.14. The molecule has 0 bridgehead atoms. The van der Waals surface area contributed by atoms with Gasteiger partial charge >= 0.3 is 0 Å². The lowest BCUT2D eigenvalue weighted by atomic mass is 10.1. The Morgan fingerprint density at radius 3 is 2.77 bits per heavy atom. The van der Waals surface area contributed by atoms with Crippen molar-refractivity contribution >= 4 is 5.91 Å². The largest absolute Gasteiger partial charge is 0.467 e. The summed E-state index contributed by atoms with van der Waals surface area (Å²) in [4.78, 5) is 14.6. The van der Waals surface area contributed by atoms with Gasteiger partial charge in [0.05, 0.1) is 31.0 Å². The Balaban J connectivity index is 1.50. The fourth-order valence-electron chi connectivity index (χ4n) is 3.37. The molecule has 3 heterocycles. The summed E-state index contributed by atoms with van der Waals surface area (Å²) >= 11 is 0. The molecule has 1 aliphatic rings. The number of furan rings is 1. The van der Waals surface area contributed by atoms with E-state index in [1.54, 1.807) is 0 Å². The predicted octanol–water partition coefficient (Wildman–Crippen LogP) is 1.92. The molecule has 1 amide bonds. The summed E-state index contributed by atoms with van der Waals surface area (Å²) in [6, 6.07) is 1.83. The lowest BCUT2D eigenvalue weighted by Gasteiger charge is -2.25. The van der Waals surface area contributed by atoms with Crippen LogP contribution >= 0.6 is 0 Å². The summed E-state index contributed by atoms with van der Waals surface area (Å²) in [5, 5.41) is 7.50. The van der Waals surface area contributed by atoms with Crippen molar-refractivity contribution in [1.82, 2.24) is 20.0 Å². The monoisotopic (exact) mass is 360 g/mol. The van der Waals surface area contributed by atoms with Gasteiger partial charge in [0.1, 0.15) is 12.0 Å². The van der Waals surface area contributed by atoms with Crippen molar-refractivity contribution in [2.24, 2.45) is 0 Å². The molecule has 1 aliphatic heterocycles. The van der Waals surface area contributed by atoms with E-state index in [9.17, 15) is 4.79 Å². The van der Waals surface area contributed by atoms with Crippen molar-refractivity contribution in [2.45, 2.75) is 40.3 Å². The molecule has 1 N–H and O–H groups in total. The number of morpholine rings is 1. The fraction of sp³-hybridized carbons (Fsp3) is 0.579. The topological polar surface area (TPSA) is 72.5 Å². The summed E-state index contributed by atoms with van der Waals surface area (Å²) in [7, 11) is 0. The molecule has 26 heavy (non-hydrogen) atoms. The minimum Gasteiger partial charge on any atom is -0.467 e. The summed E-state index contributed by atoms with van der Waals surface area (Å²) in [5.41, 5.74) is 4.00. The first kappa shape index (κ1) is 18.7. The molecule has 0 aliphatic carbocycles. The van der Waals surface area contributed by atoms with Gasteiger partial charge in [-0.3, -0.25) is 14.4 Å². The van der Waals surface area contributed by atoms with Gasteiger partial charge in [0, 0.05) is 31.9 Å². The van der Waals surface area contributed by atoms with Gasteiger partial charge in [-0.2, -0.15) is 5.10 Å². The number of carbonyl (C=O) groups is 1. The van der Waals surface area contributed by atoms with Crippen LogP contribution in [-0.2, 0) is 24.2 Å². The maximum absolute atomic E-state index is 12.3. The number of aromatic nitrogens is 2. The Kier molecular flexibility index (Phi) is 6.11. The average molecular weight is 360 g/mol. The van der Waals surface area contributed by atoms with Crippen LogP contribution in [-0.4, -0.2) is 53.4 Å². The molecule has 3 rings (SSSR count). The third-order valence-electron chi connectivity index (χ3n) is 4.89. The number of hydrogen-bond acceptors (Lipinski definition) is 5. The second-order valence-corrected chi connectivity index (χ2v) is 6.66. The van der Waals surface area contributed by atoms with Crippen LogP contribution in [0.5, 0.6) is 0 Å². The Bertz CT molecular complexity index is 744. The van der Waals surface area contributed by atoms with Crippen LogP contribution in [0, 0.1) is 13.8 Å². The number of carbonyl (C=O) groups excluding carboxylic acids is 1. The van der Waals surface area contributed by atoms with Crippen molar-refractivity contribution in [2.75, 3.05) is 32.8 Å². The van der Waals surface area contributed by atoms with E-state index in [4.69, 9.17) is 9.15 Å². The first-order valence-electron chi connectivity index (χ1n) is 9.27. The number of hydrogen-bond donors (Lipinski definition) is 1. The van der Waals surface area contributed by atoms with Gasteiger partial charge in [0.25, 0.3) is 5.91 Å². The Labute approximate surface area is 154 Å². The van der Waals surface area contributed by atoms with Gasteiger partial charge in [-0.25, -0.2) is 0 Å². The third-order valence-corrected chi connectivity index (χ3v) is 4.89. The SMILES string of the molecule is CCn1nc(C)c(CCNC(=O)c2coc(CN3CCOCC3)c2)c1C. The van der Waals surface area contributed by atoms with Gasteiger partial charge in [-0.15, -0.1) is 0 Å². The number of ether oxygens (including phenoxy) is 1. The van der Waals surface area contributed by atoms with Crippen LogP contribution in [0.2, 0.25) is 0 Å². The predicted molar refractivity (Wildman–Crippen MR) is 98.2 cm³/mol. The molecular formula is C19H28N4O3. The molecule has 0 spiro atoms. The van der Waals surface area contributed by atoms with Crippen LogP contribution in [0.4, 0.5) is 0 Å². The van der Waals surface area contributed by atoms with Crippen molar-refractivity contribution in [3.63, 3.8) is 0 Å². The lowest BCUT2D eigenvalue weighted by Crippen LogP contribution is -2.35. The molecule has 1 fully saturated rings. The van der Waals surface area contributed by atoms with Gasteiger partial charge in [-0.1, -0.05) is 0 Å². The van der Waals surface area contributed by atoms with Gasteiger partial charge in [-0.05, 0) is 38.8 Å². The van der Waals surface area contributed by atoms with Crippen molar-refractivity contribution in [3.8, 4) is 0 Å². The van der Waals surface area contributed by atoms with E-state index in [0.717, 1.165) is 50.7 Å². The van der Waals surface area contributed by atoms with Gasteiger partial charge in [0.2, 0.25) is 0 Å². The molecule has 0 radical (unpaired) electrons. The number of rotatable bonds is 7. The smallest absolute Gasteiger partial charge is 0.254 e. The van der Waals surface area contributed by atoms with Crippen molar-refractivity contribution < 1.29 is 13.9 Å². The zero-order valence-corrected chi connectivity index (χ0v) is 15.9. The van der Waals surface area contributed by atoms with E-state index in [1.807, 2.05) is 17.7 Å². The van der Waals surface area contributed by atoms with Crippen LogP contribution < -0.4 is 5.32 Å². The molecule has 0 unspecified atom stereocenters. The lowest BCUT2D eigenvalue weighted by molar-refractivity contribution is 0.0313. The van der Waals surface area contributed by atoms with Crippen LogP contribution in [0.15, 0.2) is 16.7 Å². The molecule has 7 nitrogen and oxygen atoms in total. The Morgan fingerprint density at radius 1 is 1.31 bits per heavy atom. The highest BCUT2D eigenvalue weighted by Gasteiger charge is 2.16. The van der Waals surface area contributed by atoms with E-state index in [1.165, 1.54) is 17.5 Å². The molecule has 2 aromatic rings. The molecule has 2 aromatic heterocycles. The zero-order chi connectivity index (χ0) is 18.5. The average Bonchev–Trinajstić information content (AvgIpc) is 3.21. The fourth-order valence-corrected chi connectivity index (χ4v) is 3.37. The highest BCUT2D eigenvalue weighted by atomic mass is 16.5. The summed E-state index contributed by atoms with van der Waals surface area (Å²) < 4.78 is 12.9. The van der Waals surface area contributed by atoms with E-state index < -0.39 is 0 Å². The third kappa shape index (κ3) is 4.34. The van der Waals surface area contributed by atoms with E-state index >= 15 is 0 Å². The van der Waals surface area contributed by atoms with E-state index in [0.29, 0.717) is 18.7 Å². The summed E-state index contributed by atoms with van der Waals surface area (Å²) in [6.07, 6.45) is 2.32. The van der Waals surface area contributed by atoms with Gasteiger partial charge in [0.15, 0.2) is 0 Å². The normalized spacial score (nSPS) is 15.3. The number of aryl methyl sites for hydroxylation is 2. The number of amides is 1. The van der Waals surface area contributed by atoms with Crippen molar-refractivity contribution in [3.05, 3.63) is 40.6 Å². The first-order valence-corrected chi connectivity index (χ1v) is 9.27. The minimum atomic E-state index is -0.0971. The van der Waals surface area contributed by atoms with Gasteiger partial charge < -0.3 is 14.5 Å². The van der Waals surface area contributed by atoms with E-state index in [-0.39, 0.29) is 5.91 Å². The molecule has 0 aromatic carbocycles. The summed E-state index contributed by atoms with van der Waals surface area (Å²) in [5.74, 6) is 0.716. The number of nitrogens with one attached hydrogen (secondary N) is 1. The second-order valence-electron chi connectivity index (χ2n) is 6.66. The molecule has 0 saturated carbocycles. The highest BCUT2D eigenvalue weighted by molar-refractivity contribution is 5.93. The molecule has 142 valence electrons. The molecule has 0 atom stereocenters. The molecular weight excluding hydrogens is 332 g/mol. The van der Waals surface area contributed by atoms with Crippen LogP contribution in [0.3, 0.4) is 0 Å². The maximum atomic E-state index is 12.3. The zero-order valence-electron chi connectivity index (χ0n) is 15.9. The van der Waals surface area contributed by atoms with Crippen LogP contribution in [0.25, 0.3) is 0 Å². The molecule has 7 heteroatoms. The first-order chi connectivity index (χ1) is 12.6. The standard InChI is InChI=1S/C19H28N4O3/c1-4-23-15(3)18(14(2)21-23)5-6-20-19(24)16-11-17(26-13-16)12-22-7-9-25-10-8-22/h11,13H,4-10,12H2,1-3H3,(H,20,24). The van der Waals surface area contributed by atoms with Crippen LogP contribution in [0.1, 0.15) is 40.0 Å². The minimum absolute atomic E-state index is 0.0971. The Morgan fingerprint density at radius 2 is 2.08 bits per heavy atom. The maximum Gasteiger partial charge on any atom is 0.254 e.